The van der Waals surface area contributed by atoms with Gasteiger partial charge in [-0.2, -0.15) is 0 Å². The zero-order chi connectivity index (χ0) is 33.4. The van der Waals surface area contributed by atoms with Crippen LogP contribution in [0, 0.1) is 5.92 Å². The van der Waals surface area contributed by atoms with Gasteiger partial charge in [0.05, 0.1) is 18.8 Å². The van der Waals surface area contributed by atoms with Gasteiger partial charge in [-0.05, 0) is 18.8 Å². The number of carbonyl (C=O) groups excluding carboxylic acids is 1. The summed E-state index contributed by atoms with van der Waals surface area (Å²) in [5, 5.41) is 43.4. The zero-order valence-corrected chi connectivity index (χ0v) is 30.3. The maximum atomic E-state index is 12.4. The number of aliphatic hydroxyl groups excluding tert-OH is 4. The molecule has 0 saturated heterocycles. The first-order valence-electron chi connectivity index (χ1n) is 19.8. The van der Waals surface area contributed by atoms with Crippen molar-refractivity contribution in [3.8, 4) is 0 Å². The molecule has 0 fully saturated rings. The fraction of sp³-hybridized carbons (Fsp3) is 0.974. The molecular weight excluding hydrogens is 562 g/mol. The summed E-state index contributed by atoms with van der Waals surface area (Å²) in [5.41, 5.74) is 0. The molecular formula is C39H79NO5. The van der Waals surface area contributed by atoms with E-state index in [2.05, 4.69) is 26.1 Å². The molecule has 0 saturated carbocycles. The van der Waals surface area contributed by atoms with Gasteiger partial charge in [0.25, 0.3) is 0 Å². The molecule has 0 radical (unpaired) electrons. The SMILES string of the molecule is CCCCCCCCCCCC(O)C(O)C(CO)NC(=O)C(O)CCCCCCCCCCCCCCCCCCCC(C)C. The minimum Gasteiger partial charge on any atom is -0.394 e. The smallest absolute Gasteiger partial charge is 0.249 e. The molecule has 0 rings (SSSR count). The van der Waals surface area contributed by atoms with Crippen molar-refractivity contribution in [2.75, 3.05) is 6.61 Å². The normalized spacial score (nSPS) is 14.5. The van der Waals surface area contributed by atoms with Crippen LogP contribution in [0.3, 0.4) is 0 Å². The summed E-state index contributed by atoms with van der Waals surface area (Å²) in [7, 11) is 0. The molecule has 0 heterocycles. The summed E-state index contributed by atoms with van der Waals surface area (Å²) < 4.78 is 0. The van der Waals surface area contributed by atoms with Crippen LogP contribution in [0.15, 0.2) is 0 Å². The zero-order valence-electron chi connectivity index (χ0n) is 30.3. The number of hydrogen-bond donors (Lipinski definition) is 5. The summed E-state index contributed by atoms with van der Waals surface area (Å²) >= 11 is 0. The molecule has 0 aromatic carbocycles. The van der Waals surface area contributed by atoms with Gasteiger partial charge < -0.3 is 25.7 Å². The number of nitrogens with one attached hydrogen (secondary N) is 1. The number of aliphatic hydroxyl groups is 4. The van der Waals surface area contributed by atoms with E-state index < -0.39 is 36.9 Å². The van der Waals surface area contributed by atoms with Gasteiger partial charge >= 0.3 is 0 Å². The van der Waals surface area contributed by atoms with Crippen LogP contribution in [0.2, 0.25) is 0 Å². The molecule has 0 spiro atoms. The molecule has 270 valence electrons. The highest BCUT2D eigenvalue weighted by molar-refractivity contribution is 5.80. The minimum absolute atomic E-state index is 0.374. The standard InChI is InChI=1S/C39H79NO5/c1-4-5-6-7-8-18-22-25-28-31-36(42)38(44)35(33-41)40-39(45)37(43)32-29-26-23-20-17-15-13-11-9-10-12-14-16-19-21-24-27-30-34(2)3/h34-38,41-44H,4-33H2,1-3H3,(H,40,45). The summed E-state index contributed by atoms with van der Waals surface area (Å²) in [4.78, 5) is 12.4. The van der Waals surface area contributed by atoms with E-state index in [1.54, 1.807) is 0 Å². The van der Waals surface area contributed by atoms with E-state index in [-0.39, 0.29) is 0 Å². The first kappa shape index (κ1) is 44.3. The largest absolute Gasteiger partial charge is 0.394 e. The minimum atomic E-state index is -1.25. The van der Waals surface area contributed by atoms with E-state index in [4.69, 9.17) is 0 Å². The topological polar surface area (TPSA) is 110 Å². The fourth-order valence-corrected chi connectivity index (χ4v) is 6.29. The van der Waals surface area contributed by atoms with E-state index in [0.717, 1.165) is 44.4 Å². The Balaban J connectivity index is 3.69. The molecule has 1 amide bonds. The van der Waals surface area contributed by atoms with E-state index in [0.29, 0.717) is 12.8 Å². The van der Waals surface area contributed by atoms with Crippen molar-refractivity contribution in [3.63, 3.8) is 0 Å². The lowest BCUT2D eigenvalue weighted by molar-refractivity contribution is -0.132. The molecule has 6 nitrogen and oxygen atoms in total. The fourth-order valence-electron chi connectivity index (χ4n) is 6.29. The summed E-state index contributed by atoms with van der Waals surface area (Å²) in [6.45, 7) is 6.38. The van der Waals surface area contributed by atoms with Gasteiger partial charge in [0, 0.05) is 0 Å². The first-order valence-corrected chi connectivity index (χ1v) is 19.8. The van der Waals surface area contributed by atoms with Crippen LogP contribution in [-0.4, -0.2) is 57.3 Å². The van der Waals surface area contributed by atoms with E-state index in [1.165, 1.54) is 135 Å². The lowest BCUT2D eigenvalue weighted by atomic mass is 9.99. The van der Waals surface area contributed by atoms with Crippen molar-refractivity contribution in [1.82, 2.24) is 5.32 Å². The van der Waals surface area contributed by atoms with Gasteiger partial charge in [-0.15, -0.1) is 0 Å². The monoisotopic (exact) mass is 642 g/mol. The maximum Gasteiger partial charge on any atom is 0.249 e. The Morgan fingerprint density at radius 3 is 1.20 bits per heavy atom. The molecule has 45 heavy (non-hydrogen) atoms. The Hall–Kier alpha value is -0.690. The number of amides is 1. The van der Waals surface area contributed by atoms with Crippen molar-refractivity contribution in [1.29, 1.82) is 0 Å². The van der Waals surface area contributed by atoms with Gasteiger partial charge in [0.1, 0.15) is 12.2 Å². The molecule has 6 heteroatoms. The summed E-state index contributed by atoms with van der Waals surface area (Å²) in [6, 6.07) is -0.977. The molecule has 0 aliphatic heterocycles. The van der Waals surface area contributed by atoms with Gasteiger partial charge in [0.15, 0.2) is 0 Å². The molecule has 4 unspecified atom stereocenters. The van der Waals surface area contributed by atoms with Crippen LogP contribution in [-0.2, 0) is 4.79 Å². The van der Waals surface area contributed by atoms with Crippen LogP contribution < -0.4 is 5.32 Å². The van der Waals surface area contributed by atoms with Crippen molar-refractivity contribution < 1.29 is 25.2 Å². The Kier molecular flexibility index (Phi) is 32.7. The van der Waals surface area contributed by atoms with Gasteiger partial charge in [-0.1, -0.05) is 194 Å². The third-order valence-electron chi connectivity index (χ3n) is 9.50. The third kappa shape index (κ3) is 29.2. The van der Waals surface area contributed by atoms with E-state index in [9.17, 15) is 25.2 Å². The Labute approximate surface area is 279 Å². The van der Waals surface area contributed by atoms with Crippen molar-refractivity contribution in [2.24, 2.45) is 5.92 Å². The second-order valence-electron chi connectivity index (χ2n) is 14.5. The maximum absolute atomic E-state index is 12.4. The highest BCUT2D eigenvalue weighted by Gasteiger charge is 2.28. The molecule has 5 N–H and O–H groups in total. The van der Waals surface area contributed by atoms with Crippen molar-refractivity contribution in [2.45, 2.75) is 231 Å². The number of unbranched alkanes of at least 4 members (excludes halogenated alkanes) is 24. The molecule has 0 aliphatic carbocycles. The third-order valence-corrected chi connectivity index (χ3v) is 9.50. The van der Waals surface area contributed by atoms with Crippen LogP contribution in [0.4, 0.5) is 0 Å². The van der Waals surface area contributed by atoms with Crippen LogP contribution in [0.5, 0.6) is 0 Å². The first-order chi connectivity index (χ1) is 21.8. The number of carbonyl (C=O) groups is 1. The Bertz CT molecular complexity index is 616. The van der Waals surface area contributed by atoms with Gasteiger partial charge in [-0.3, -0.25) is 4.79 Å². The average Bonchev–Trinajstić information content (AvgIpc) is 3.03. The van der Waals surface area contributed by atoms with Crippen LogP contribution in [0.1, 0.15) is 207 Å². The second kappa shape index (κ2) is 33.2. The number of hydrogen-bond acceptors (Lipinski definition) is 5. The summed E-state index contributed by atoms with van der Waals surface area (Å²) in [5.74, 6) is 0.272. The summed E-state index contributed by atoms with van der Waals surface area (Å²) in [6.07, 6.45) is 31.4. The van der Waals surface area contributed by atoms with Crippen LogP contribution in [0.25, 0.3) is 0 Å². The number of rotatable bonds is 35. The molecule has 4 atom stereocenters. The average molecular weight is 642 g/mol. The van der Waals surface area contributed by atoms with Gasteiger partial charge in [0.2, 0.25) is 5.91 Å². The predicted octanol–water partition coefficient (Wildman–Crippen LogP) is 9.54. The highest BCUT2D eigenvalue weighted by Crippen LogP contribution is 2.17. The van der Waals surface area contributed by atoms with Crippen molar-refractivity contribution >= 4 is 5.91 Å². The van der Waals surface area contributed by atoms with Crippen LogP contribution >= 0.6 is 0 Å². The van der Waals surface area contributed by atoms with Gasteiger partial charge in [-0.25, -0.2) is 0 Å². The molecule has 0 aromatic rings. The quantitative estimate of drug-likeness (QED) is 0.0443. The highest BCUT2D eigenvalue weighted by atomic mass is 16.3. The lowest BCUT2D eigenvalue weighted by Gasteiger charge is -2.27. The predicted molar refractivity (Wildman–Crippen MR) is 191 cm³/mol. The molecule has 0 bridgehead atoms. The van der Waals surface area contributed by atoms with E-state index >= 15 is 0 Å². The molecule has 0 aliphatic rings. The lowest BCUT2D eigenvalue weighted by Crippen LogP contribution is -2.53. The second-order valence-corrected chi connectivity index (χ2v) is 14.5. The Morgan fingerprint density at radius 2 is 0.844 bits per heavy atom. The van der Waals surface area contributed by atoms with Crippen molar-refractivity contribution in [3.05, 3.63) is 0 Å². The molecule has 0 aromatic heterocycles. The van der Waals surface area contributed by atoms with E-state index in [1.807, 2.05) is 0 Å². The Morgan fingerprint density at radius 1 is 0.511 bits per heavy atom.